The van der Waals surface area contributed by atoms with E-state index in [4.69, 9.17) is 11.6 Å². The van der Waals surface area contributed by atoms with E-state index in [-0.39, 0.29) is 5.56 Å². The second-order valence-electron chi connectivity index (χ2n) is 4.13. The van der Waals surface area contributed by atoms with Crippen molar-refractivity contribution in [3.63, 3.8) is 0 Å². The van der Waals surface area contributed by atoms with E-state index in [1.165, 1.54) is 24.3 Å². The van der Waals surface area contributed by atoms with Crippen LogP contribution in [0, 0.1) is 25.5 Å². The van der Waals surface area contributed by atoms with E-state index in [1.54, 1.807) is 13.0 Å². The van der Waals surface area contributed by atoms with Crippen LogP contribution in [0.2, 0.25) is 4.34 Å². The predicted octanol–water partition coefficient (Wildman–Crippen LogP) is 4.38. The molecule has 2 rings (SSSR count). The smallest absolute Gasteiger partial charge is 0.132 e. The number of rotatable bonds is 2. The fraction of sp³-hybridized carbons (Fsp3) is 0.231. The Morgan fingerprint density at radius 2 is 1.78 bits per heavy atom. The summed E-state index contributed by atoms with van der Waals surface area (Å²) in [5, 5.41) is 10.1. The lowest BCUT2D eigenvalue weighted by atomic mass is 10.0. The molecule has 2 aromatic rings. The van der Waals surface area contributed by atoms with Crippen LogP contribution < -0.4 is 0 Å². The first-order valence-electron chi connectivity index (χ1n) is 5.29. The molecule has 1 unspecified atom stereocenters. The Morgan fingerprint density at radius 1 is 1.11 bits per heavy atom. The molecule has 0 saturated heterocycles. The largest absolute Gasteiger partial charge is 0.383 e. The van der Waals surface area contributed by atoms with Crippen LogP contribution in [0.4, 0.5) is 8.78 Å². The van der Waals surface area contributed by atoms with Gasteiger partial charge in [-0.25, -0.2) is 8.78 Å². The third kappa shape index (κ3) is 2.41. The highest BCUT2D eigenvalue weighted by Crippen LogP contribution is 2.35. The maximum absolute atomic E-state index is 13.6. The molecule has 18 heavy (non-hydrogen) atoms. The SMILES string of the molecule is Cc1cc(C(O)c2cc(C)c(Cl)s2)c(F)cc1F. The van der Waals surface area contributed by atoms with Gasteiger partial charge < -0.3 is 5.11 Å². The molecule has 1 heterocycles. The van der Waals surface area contributed by atoms with Crippen molar-refractivity contribution in [2.24, 2.45) is 0 Å². The fourth-order valence-electron chi connectivity index (χ4n) is 1.66. The highest BCUT2D eigenvalue weighted by molar-refractivity contribution is 7.16. The molecule has 0 aliphatic heterocycles. The third-order valence-corrected chi connectivity index (χ3v) is 4.33. The topological polar surface area (TPSA) is 20.2 Å². The zero-order valence-corrected chi connectivity index (χ0v) is 11.4. The molecule has 1 aromatic heterocycles. The van der Waals surface area contributed by atoms with Crippen LogP contribution >= 0.6 is 22.9 Å². The summed E-state index contributed by atoms with van der Waals surface area (Å²) in [6.45, 7) is 3.33. The van der Waals surface area contributed by atoms with Gasteiger partial charge in [-0.05, 0) is 37.1 Å². The van der Waals surface area contributed by atoms with Crippen molar-refractivity contribution in [1.29, 1.82) is 0 Å². The van der Waals surface area contributed by atoms with Gasteiger partial charge in [-0.2, -0.15) is 0 Å². The van der Waals surface area contributed by atoms with Crippen molar-refractivity contribution in [3.8, 4) is 0 Å². The monoisotopic (exact) mass is 288 g/mol. The van der Waals surface area contributed by atoms with E-state index >= 15 is 0 Å². The second-order valence-corrected chi connectivity index (χ2v) is 5.82. The van der Waals surface area contributed by atoms with Crippen molar-refractivity contribution in [2.75, 3.05) is 0 Å². The van der Waals surface area contributed by atoms with Crippen LogP contribution in [0.25, 0.3) is 0 Å². The predicted molar refractivity (Wildman–Crippen MR) is 69.2 cm³/mol. The summed E-state index contributed by atoms with van der Waals surface area (Å²) in [4.78, 5) is 0.544. The van der Waals surface area contributed by atoms with Gasteiger partial charge in [0, 0.05) is 16.5 Å². The van der Waals surface area contributed by atoms with Gasteiger partial charge in [0.05, 0.1) is 4.34 Å². The zero-order valence-electron chi connectivity index (χ0n) is 9.80. The second kappa shape index (κ2) is 4.96. The Hall–Kier alpha value is -0.970. The maximum atomic E-state index is 13.6. The number of halogens is 3. The molecule has 0 spiro atoms. The molecule has 0 aliphatic rings. The molecule has 1 atom stereocenters. The van der Waals surface area contributed by atoms with Crippen LogP contribution in [-0.2, 0) is 0 Å². The minimum Gasteiger partial charge on any atom is -0.383 e. The highest BCUT2D eigenvalue weighted by Gasteiger charge is 2.19. The number of thiophene rings is 1. The Morgan fingerprint density at radius 3 is 2.33 bits per heavy atom. The first kappa shape index (κ1) is 13.5. The first-order chi connectivity index (χ1) is 8.40. The van der Waals surface area contributed by atoms with E-state index in [9.17, 15) is 13.9 Å². The van der Waals surface area contributed by atoms with Crippen molar-refractivity contribution in [1.82, 2.24) is 0 Å². The van der Waals surface area contributed by atoms with Crippen LogP contribution in [0.5, 0.6) is 0 Å². The fourth-order valence-corrected chi connectivity index (χ4v) is 2.88. The Balaban J connectivity index is 2.45. The summed E-state index contributed by atoms with van der Waals surface area (Å²) in [5.74, 6) is -1.38. The molecule has 5 heteroatoms. The van der Waals surface area contributed by atoms with Gasteiger partial charge in [-0.15, -0.1) is 11.3 Å². The first-order valence-corrected chi connectivity index (χ1v) is 6.49. The lowest BCUT2D eigenvalue weighted by molar-refractivity contribution is 0.218. The van der Waals surface area contributed by atoms with Crippen LogP contribution in [0.15, 0.2) is 18.2 Å². The molecule has 0 radical (unpaired) electrons. The summed E-state index contributed by atoms with van der Waals surface area (Å²) >= 11 is 7.10. The number of hydrogen-bond donors (Lipinski definition) is 1. The summed E-state index contributed by atoms with van der Waals surface area (Å²) in [6, 6.07) is 3.81. The van der Waals surface area contributed by atoms with Crippen molar-refractivity contribution in [3.05, 3.63) is 55.7 Å². The summed E-state index contributed by atoms with van der Waals surface area (Å²) in [7, 11) is 0. The summed E-state index contributed by atoms with van der Waals surface area (Å²) in [6.07, 6.45) is -1.12. The van der Waals surface area contributed by atoms with Crippen LogP contribution in [0.1, 0.15) is 27.7 Å². The molecule has 0 saturated carbocycles. The quantitative estimate of drug-likeness (QED) is 0.869. The molecule has 1 N–H and O–H groups in total. The summed E-state index contributed by atoms with van der Waals surface area (Å²) in [5.41, 5.74) is 1.19. The molecule has 0 aliphatic carbocycles. The molecule has 0 fully saturated rings. The Kier molecular flexibility index (Phi) is 3.71. The highest BCUT2D eigenvalue weighted by atomic mass is 35.5. The van der Waals surface area contributed by atoms with E-state index in [1.807, 2.05) is 0 Å². The van der Waals surface area contributed by atoms with E-state index in [0.29, 0.717) is 14.8 Å². The minimum absolute atomic E-state index is 0.0619. The lowest BCUT2D eigenvalue weighted by Gasteiger charge is -2.11. The maximum Gasteiger partial charge on any atom is 0.132 e. The van der Waals surface area contributed by atoms with Gasteiger partial charge in [0.2, 0.25) is 0 Å². The van der Waals surface area contributed by atoms with Gasteiger partial charge >= 0.3 is 0 Å². The molecule has 0 bridgehead atoms. The molecular formula is C13H11ClF2OS. The average Bonchev–Trinajstić information content (AvgIpc) is 2.63. The van der Waals surface area contributed by atoms with Gasteiger partial charge in [-0.1, -0.05) is 11.6 Å². The normalized spacial score (nSPS) is 12.8. The van der Waals surface area contributed by atoms with E-state index in [0.717, 1.165) is 11.6 Å². The van der Waals surface area contributed by atoms with Gasteiger partial charge in [-0.3, -0.25) is 0 Å². The van der Waals surface area contributed by atoms with Crippen LogP contribution in [-0.4, -0.2) is 5.11 Å². The van der Waals surface area contributed by atoms with Crippen molar-refractivity contribution >= 4 is 22.9 Å². The van der Waals surface area contributed by atoms with Gasteiger partial charge in [0.15, 0.2) is 0 Å². The van der Waals surface area contributed by atoms with Crippen LogP contribution in [0.3, 0.4) is 0 Å². The number of hydrogen-bond acceptors (Lipinski definition) is 2. The van der Waals surface area contributed by atoms with Gasteiger partial charge in [0.25, 0.3) is 0 Å². The minimum atomic E-state index is -1.12. The Labute approximate surface area is 113 Å². The standard InChI is InChI=1S/C13H11ClF2OS/c1-6-3-8(10(16)5-9(6)15)12(17)11-4-7(2)13(14)18-11/h3-5,12,17H,1-2H3. The van der Waals surface area contributed by atoms with E-state index < -0.39 is 17.7 Å². The average molecular weight is 289 g/mol. The molecule has 0 amide bonds. The molecular weight excluding hydrogens is 278 g/mol. The van der Waals surface area contributed by atoms with E-state index in [2.05, 4.69) is 0 Å². The number of aliphatic hydroxyl groups is 1. The molecule has 96 valence electrons. The Bertz CT molecular complexity index is 575. The number of aryl methyl sites for hydroxylation is 2. The van der Waals surface area contributed by atoms with Crippen molar-refractivity contribution in [2.45, 2.75) is 20.0 Å². The molecule has 1 nitrogen and oxygen atoms in total. The zero-order chi connectivity index (χ0) is 13.4. The van der Waals surface area contributed by atoms with Crippen molar-refractivity contribution < 1.29 is 13.9 Å². The third-order valence-electron chi connectivity index (χ3n) is 2.72. The summed E-state index contributed by atoms with van der Waals surface area (Å²) < 4.78 is 27.4. The number of benzene rings is 1. The van der Waals surface area contributed by atoms with Gasteiger partial charge in [0.1, 0.15) is 17.7 Å². The lowest BCUT2D eigenvalue weighted by Crippen LogP contribution is -2.02. The molecule has 1 aromatic carbocycles. The number of aliphatic hydroxyl groups excluding tert-OH is 1.